The van der Waals surface area contributed by atoms with E-state index in [-0.39, 0.29) is 6.54 Å². The zero-order valence-electron chi connectivity index (χ0n) is 9.51. The number of nitrogens with one attached hydrogen (secondary N) is 1. The molecular weight excluding hydrogens is 267 g/mol. The average Bonchev–Trinajstić information content (AvgIpc) is 2.33. The Balaban J connectivity index is 2.31. The Morgan fingerprint density at radius 3 is 2.44 bits per heavy atom. The van der Waals surface area contributed by atoms with Gasteiger partial charge < -0.3 is 5.32 Å². The number of hydrogen-bond donors (Lipinski definition) is 1. The second-order valence-electron chi connectivity index (χ2n) is 3.80. The molecule has 1 aromatic carbocycles. The van der Waals surface area contributed by atoms with E-state index in [1.54, 1.807) is 24.3 Å². The first-order valence-electron chi connectivity index (χ1n) is 5.41. The maximum atomic E-state index is 11.9. The molecule has 0 radical (unpaired) electrons. The number of halogens is 4. The van der Waals surface area contributed by atoms with Gasteiger partial charge in [0.05, 0.1) is 11.8 Å². The fourth-order valence-electron chi connectivity index (χ4n) is 1.33. The average molecular weight is 280 g/mol. The SMILES string of the molecule is O=C(CCC(F)(F)F)NCC(Cl)c1ccccc1. The summed E-state index contributed by atoms with van der Waals surface area (Å²) in [5, 5.41) is 1.94. The molecule has 0 saturated carbocycles. The third-order valence-corrected chi connectivity index (χ3v) is 2.68. The molecule has 0 aliphatic carbocycles. The molecule has 0 aliphatic heterocycles. The highest BCUT2D eigenvalue weighted by atomic mass is 35.5. The summed E-state index contributed by atoms with van der Waals surface area (Å²) >= 11 is 6.00. The van der Waals surface area contributed by atoms with Crippen LogP contribution in [0.25, 0.3) is 0 Å². The third-order valence-electron chi connectivity index (χ3n) is 2.28. The van der Waals surface area contributed by atoms with Crippen LogP contribution in [0.2, 0.25) is 0 Å². The quantitative estimate of drug-likeness (QED) is 0.822. The van der Waals surface area contributed by atoms with E-state index >= 15 is 0 Å². The van der Waals surface area contributed by atoms with E-state index in [1.807, 2.05) is 6.07 Å². The molecule has 1 aromatic rings. The van der Waals surface area contributed by atoms with Crippen molar-refractivity contribution < 1.29 is 18.0 Å². The van der Waals surface area contributed by atoms with Gasteiger partial charge in [-0.05, 0) is 5.56 Å². The molecule has 1 unspecified atom stereocenters. The lowest BCUT2D eigenvalue weighted by Crippen LogP contribution is -2.27. The molecule has 1 rings (SSSR count). The Morgan fingerprint density at radius 2 is 1.89 bits per heavy atom. The minimum absolute atomic E-state index is 0.113. The van der Waals surface area contributed by atoms with Gasteiger partial charge >= 0.3 is 6.18 Å². The summed E-state index contributed by atoms with van der Waals surface area (Å²) in [5.74, 6) is -0.645. The molecule has 18 heavy (non-hydrogen) atoms. The second kappa shape index (κ2) is 6.64. The van der Waals surface area contributed by atoms with E-state index in [9.17, 15) is 18.0 Å². The highest BCUT2D eigenvalue weighted by Crippen LogP contribution is 2.21. The Labute approximate surface area is 108 Å². The molecule has 2 nitrogen and oxygen atoms in total. The monoisotopic (exact) mass is 279 g/mol. The van der Waals surface area contributed by atoms with Crippen LogP contribution in [-0.2, 0) is 4.79 Å². The molecule has 0 saturated heterocycles. The first-order valence-corrected chi connectivity index (χ1v) is 5.84. The van der Waals surface area contributed by atoms with Gasteiger partial charge in [-0.15, -0.1) is 11.6 Å². The van der Waals surface area contributed by atoms with Crippen LogP contribution in [0.15, 0.2) is 30.3 Å². The van der Waals surface area contributed by atoms with Crippen LogP contribution in [-0.4, -0.2) is 18.6 Å². The summed E-state index contributed by atoms with van der Waals surface area (Å²) < 4.78 is 35.6. The predicted molar refractivity (Wildman–Crippen MR) is 63.3 cm³/mol. The van der Waals surface area contributed by atoms with Gasteiger partial charge in [-0.25, -0.2) is 0 Å². The molecule has 0 aromatic heterocycles. The first-order chi connectivity index (χ1) is 8.38. The number of hydrogen-bond acceptors (Lipinski definition) is 1. The Hall–Kier alpha value is -1.23. The zero-order chi connectivity index (χ0) is 13.6. The van der Waals surface area contributed by atoms with Gasteiger partial charge in [0.2, 0.25) is 5.91 Å². The standard InChI is InChI=1S/C12H13ClF3NO/c13-10(9-4-2-1-3-5-9)8-17-11(18)6-7-12(14,15)16/h1-5,10H,6-8H2,(H,17,18). The fraction of sp³-hybridized carbons (Fsp3) is 0.417. The Bertz CT molecular complexity index is 381. The number of amides is 1. The number of carbonyl (C=O) groups is 1. The largest absolute Gasteiger partial charge is 0.389 e. The topological polar surface area (TPSA) is 29.1 Å². The molecule has 1 amide bonds. The van der Waals surface area contributed by atoms with Crippen LogP contribution in [0.1, 0.15) is 23.8 Å². The molecule has 0 fully saturated rings. The van der Waals surface area contributed by atoms with Crippen LogP contribution in [0, 0.1) is 0 Å². The minimum atomic E-state index is -4.31. The Kier molecular flexibility index (Phi) is 5.47. The first kappa shape index (κ1) is 14.8. The van der Waals surface area contributed by atoms with Crippen molar-refractivity contribution in [3.05, 3.63) is 35.9 Å². The smallest absolute Gasteiger partial charge is 0.354 e. The van der Waals surface area contributed by atoms with E-state index in [0.29, 0.717) is 0 Å². The maximum absolute atomic E-state index is 11.9. The lowest BCUT2D eigenvalue weighted by molar-refractivity contribution is -0.144. The summed E-state index contributed by atoms with van der Waals surface area (Å²) in [4.78, 5) is 11.2. The molecule has 1 atom stereocenters. The van der Waals surface area contributed by atoms with Crippen molar-refractivity contribution in [2.45, 2.75) is 24.4 Å². The van der Waals surface area contributed by atoms with E-state index in [0.717, 1.165) is 5.56 Å². The maximum Gasteiger partial charge on any atom is 0.389 e. The summed E-state index contributed by atoms with van der Waals surface area (Å²) in [6.07, 6.45) is -5.99. The van der Waals surface area contributed by atoms with Gasteiger partial charge in [0, 0.05) is 13.0 Å². The van der Waals surface area contributed by atoms with Crippen LogP contribution >= 0.6 is 11.6 Å². The van der Waals surface area contributed by atoms with Gasteiger partial charge in [0.25, 0.3) is 0 Å². The molecule has 0 heterocycles. The van der Waals surface area contributed by atoms with Crippen molar-refractivity contribution in [1.82, 2.24) is 5.32 Å². The summed E-state index contributed by atoms with van der Waals surface area (Å²) in [6, 6.07) is 9.01. The lowest BCUT2D eigenvalue weighted by atomic mass is 10.1. The van der Waals surface area contributed by atoms with E-state index < -0.39 is 30.3 Å². The second-order valence-corrected chi connectivity index (χ2v) is 4.32. The summed E-state index contributed by atoms with van der Waals surface area (Å²) in [7, 11) is 0. The number of carbonyl (C=O) groups excluding carboxylic acids is 1. The van der Waals surface area contributed by atoms with Gasteiger partial charge in [-0.2, -0.15) is 13.2 Å². The van der Waals surface area contributed by atoms with Crippen LogP contribution in [0.5, 0.6) is 0 Å². The van der Waals surface area contributed by atoms with E-state index in [4.69, 9.17) is 11.6 Å². The van der Waals surface area contributed by atoms with Crippen molar-refractivity contribution in [2.24, 2.45) is 0 Å². The summed E-state index contributed by atoms with van der Waals surface area (Å²) in [6.45, 7) is 0.113. The van der Waals surface area contributed by atoms with Crippen LogP contribution in [0.4, 0.5) is 13.2 Å². The number of benzene rings is 1. The lowest BCUT2D eigenvalue weighted by Gasteiger charge is -2.11. The van der Waals surface area contributed by atoms with Gasteiger partial charge in [0.15, 0.2) is 0 Å². The van der Waals surface area contributed by atoms with Crippen molar-refractivity contribution in [1.29, 1.82) is 0 Å². The highest BCUT2D eigenvalue weighted by Gasteiger charge is 2.27. The van der Waals surface area contributed by atoms with Crippen molar-refractivity contribution in [3.63, 3.8) is 0 Å². The Morgan fingerprint density at radius 1 is 1.28 bits per heavy atom. The van der Waals surface area contributed by atoms with Crippen LogP contribution < -0.4 is 5.32 Å². The van der Waals surface area contributed by atoms with E-state index in [1.165, 1.54) is 0 Å². The van der Waals surface area contributed by atoms with Gasteiger partial charge in [-0.1, -0.05) is 30.3 Å². The molecular formula is C12H13ClF3NO. The van der Waals surface area contributed by atoms with Crippen molar-refractivity contribution >= 4 is 17.5 Å². The molecule has 100 valence electrons. The molecule has 1 N–H and O–H groups in total. The summed E-state index contributed by atoms with van der Waals surface area (Å²) in [5.41, 5.74) is 0.815. The van der Waals surface area contributed by atoms with E-state index in [2.05, 4.69) is 5.32 Å². The molecule has 6 heteroatoms. The number of alkyl halides is 4. The molecule has 0 bridgehead atoms. The zero-order valence-corrected chi connectivity index (χ0v) is 10.3. The molecule has 0 aliphatic rings. The van der Waals surface area contributed by atoms with Gasteiger partial charge in [0.1, 0.15) is 0 Å². The fourth-order valence-corrected chi connectivity index (χ4v) is 1.55. The highest BCUT2D eigenvalue weighted by molar-refractivity contribution is 6.21. The number of rotatable bonds is 5. The third kappa shape index (κ3) is 5.91. The van der Waals surface area contributed by atoms with Crippen LogP contribution in [0.3, 0.4) is 0 Å². The van der Waals surface area contributed by atoms with Crippen molar-refractivity contribution in [3.8, 4) is 0 Å². The minimum Gasteiger partial charge on any atom is -0.354 e. The normalized spacial score (nSPS) is 13.1. The van der Waals surface area contributed by atoms with Gasteiger partial charge in [-0.3, -0.25) is 4.79 Å². The van der Waals surface area contributed by atoms with Crippen molar-refractivity contribution in [2.75, 3.05) is 6.54 Å². The molecule has 0 spiro atoms. The predicted octanol–water partition coefficient (Wildman–Crippen LogP) is 3.43.